The number of fused-ring (bicyclic) bond motifs is 1. The van der Waals surface area contributed by atoms with E-state index in [0.717, 1.165) is 36.2 Å². The van der Waals surface area contributed by atoms with E-state index in [1.54, 1.807) is 12.3 Å². The molecule has 0 amide bonds. The molecule has 0 fully saturated rings. The van der Waals surface area contributed by atoms with Crippen molar-refractivity contribution in [2.75, 3.05) is 7.11 Å². The number of aryl methyl sites for hydroxylation is 1. The van der Waals surface area contributed by atoms with Crippen LogP contribution in [0.4, 0.5) is 0 Å². The van der Waals surface area contributed by atoms with Gasteiger partial charge in [-0.25, -0.2) is 4.79 Å². The molecular formula is C11H12O3. The summed E-state index contributed by atoms with van der Waals surface area (Å²) in [7, 11) is 1.39. The van der Waals surface area contributed by atoms with E-state index in [1.165, 1.54) is 7.11 Å². The Morgan fingerprint density at radius 1 is 1.57 bits per heavy atom. The van der Waals surface area contributed by atoms with Gasteiger partial charge in [0.05, 0.1) is 13.4 Å². The zero-order valence-electron chi connectivity index (χ0n) is 8.08. The fraction of sp³-hybridized carbons (Fsp3) is 0.364. The van der Waals surface area contributed by atoms with Gasteiger partial charge in [0.1, 0.15) is 5.76 Å². The molecule has 1 aromatic rings. The molecule has 14 heavy (non-hydrogen) atoms. The topological polar surface area (TPSA) is 39.4 Å². The van der Waals surface area contributed by atoms with Gasteiger partial charge < -0.3 is 9.15 Å². The van der Waals surface area contributed by atoms with Crippen molar-refractivity contribution >= 4 is 11.5 Å². The van der Waals surface area contributed by atoms with Gasteiger partial charge >= 0.3 is 5.97 Å². The number of ether oxygens (including phenoxy) is 1. The van der Waals surface area contributed by atoms with Gasteiger partial charge in [-0.05, 0) is 24.5 Å². The van der Waals surface area contributed by atoms with Gasteiger partial charge in [0, 0.05) is 18.1 Å². The highest BCUT2D eigenvalue weighted by Gasteiger charge is 2.17. The standard InChI is InChI=1S/C11H12O3/c1-13-11(12)7-8-3-2-4-10-9(8)5-6-14-10/h5-7H,2-4H2,1H3/b8-7-. The third-order valence-electron chi connectivity index (χ3n) is 2.43. The van der Waals surface area contributed by atoms with Crippen LogP contribution in [0.3, 0.4) is 0 Å². The number of carbonyl (C=O) groups excluding carboxylic acids is 1. The second kappa shape index (κ2) is 3.70. The predicted octanol–water partition coefficient (Wildman–Crippen LogP) is 2.17. The highest BCUT2D eigenvalue weighted by Crippen LogP contribution is 2.31. The van der Waals surface area contributed by atoms with E-state index in [0.29, 0.717) is 0 Å². The molecule has 0 N–H and O–H groups in total. The van der Waals surface area contributed by atoms with Gasteiger partial charge in [0.25, 0.3) is 0 Å². The number of esters is 1. The van der Waals surface area contributed by atoms with Crippen LogP contribution in [0.1, 0.15) is 24.2 Å². The van der Waals surface area contributed by atoms with E-state index < -0.39 is 0 Å². The van der Waals surface area contributed by atoms with Crippen LogP contribution in [0.2, 0.25) is 0 Å². The molecule has 0 atom stereocenters. The van der Waals surface area contributed by atoms with Crippen molar-refractivity contribution < 1.29 is 13.9 Å². The maximum absolute atomic E-state index is 11.1. The van der Waals surface area contributed by atoms with Crippen molar-refractivity contribution in [2.24, 2.45) is 0 Å². The molecule has 0 saturated heterocycles. The third kappa shape index (κ3) is 1.58. The summed E-state index contributed by atoms with van der Waals surface area (Å²) < 4.78 is 9.91. The Morgan fingerprint density at radius 2 is 2.43 bits per heavy atom. The van der Waals surface area contributed by atoms with E-state index >= 15 is 0 Å². The van der Waals surface area contributed by atoms with Crippen LogP contribution in [0.25, 0.3) is 5.57 Å². The van der Waals surface area contributed by atoms with Crippen LogP contribution >= 0.6 is 0 Å². The second-order valence-corrected chi connectivity index (χ2v) is 3.30. The van der Waals surface area contributed by atoms with Crippen molar-refractivity contribution in [3.05, 3.63) is 29.7 Å². The summed E-state index contributed by atoms with van der Waals surface area (Å²) in [5.41, 5.74) is 2.08. The molecule has 1 heterocycles. The van der Waals surface area contributed by atoms with Crippen LogP contribution < -0.4 is 0 Å². The Morgan fingerprint density at radius 3 is 3.21 bits per heavy atom. The number of allylic oxidation sites excluding steroid dienone is 1. The number of furan rings is 1. The average molecular weight is 192 g/mol. The fourth-order valence-corrected chi connectivity index (χ4v) is 1.75. The van der Waals surface area contributed by atoms with E-state index in [2.05, 4.69) is 4.74 Å². The molecule has 1 aromatic heterocycles. The van der Waals surface area contributed by atoms with Gasteiger partial charge in [0.15, 0.2) is 0 Å². The van der Waals surface area contributed by atoms with Crippen molar-refractivity contribution in [2.45, 2.75) is 19.3 Å². The minimum Gasteiger partial charge on any atom is -0.469 e. The molecule has 3 heteroatoms. The largest absolute Gasteiger partial charge is 0.469 e. The summed E-state index contributed by atoms with van der Waals surface area (Å²) in [6.07, 6.45) is 6.13. The lowest BCUT2D eigenvalue weighted by Gasteiger charge is -2.12. The lowest BCUT2D eigenvalue weighted by atomic mass is 9.93. The molecule has 0 saturated carbocycles. The molecule has 1 aliphatic rings. The summed E-state index contributed by atoms with van der Waals surface area (Å²) in [6.45, 7) is 0. The summed E-state index contributed by atoms with van der Waals surface area (Å²) >= 11 is 0. The molecule has 0 aliphatic heterocycles. The van der Waals surface area contributed by atoms with Crippen LogP contribution in [-0.2, 0) is 16.0 Å². The van der Waals surface area contributed by atoms with E-state index in [1.807, 2.05) is 6.07 Å². The first-order valence-electron chi connectivity index (χ1n) is 4.66. The van der Waals surface area contributed by atoms with E-state index in [4.69, 9.17) is 4.42 Å². The molecule has 2 rings (SSSR count). The van der Waals surface area contributed by atoms with Gasteiger partial charge in [-0.3, -0.25) is 0 Å². The first-order valence-corrected chi connectivity index (χ1v) is 4.66. The zero-order valence-corrected chi connectivity index (χ0v) is 8.08. The van der Waals surface area contributed by atoms with Crippen molar-refractivity contribution in [3.63, 3.8) is 0 Å². The number of methoxy groups -OCH3 is 1. The lowest BCUT2D eigenvalue weighted by Crippen LogP contribution is -2.02. The van der Waals surface area contributed by atoms with Gasteiger partial charge in [0.2, 0.25) is 0 Å². The minimum atomic E-state index is -0.297. The maximum Gasteiger partial charge on any atom is 0.330 e. The van der Waals surface area contributed by atoms with Crippen molar-refractivity contribution in [1.29, 1.82) is 0 Å². The lowest BCUT2D eigenvalue weighted by molar-refractivity contribution is -0.134. The average Bonchev–Trinajstić information content (AvgIpc) is 2.66. The highest BCUT2D eigenvalue weighted by atomic mass is 16.5. The maximum atomic E-state index is 11.1. The molecule has 0 unspecified atom stereocenters. The van der Waals surface area contributed by atoms with Crippen LogP contribution in [0.15, 0.2) is 22.8 Å². The molecule has 1 aliphatic carbocycles. The third-order valence-corrected chi connectivity index (χ3v) is 2.43. The zero-order chi connectivity index (χ0) is 9.97. The van der Waals surface area contributed by atoms with Crippen LogP contribution in [0, 0.1) is 0 Å². The first-order chi connectivity index (χ1) is 6.81. The summed E-state index contributed by atoms with van der Waals surface area (Å²) in [4.78, 5) is 11.1. The second-order valence-electron chi connectivity index (χ2n) is 3.30. The van der Waals surface area contributed by atoms with Crippen molar-refractivity contribution in [1.82, 2.24) is 0 Å². The Balaban J connectivity index is 2.32. The Hall–Kier alpha value is -1.51. The Labute approximate surface area is 82.4 Å². The molecule has 0 radical (unpaired) electrons. The number of hydrogen-bond acceptors (Lipinski definition) is 3. The molecule has 3 nitrogen and oxygen atoms in total. The number of carbonyl (C=O) groups is 1. The SMILES string of the molecule is COC(=O)/C=C1/CCCc2occc21. The Bertz CT molecular complexity index is 374. The van der Waals surface area contributed by atoms with Gasteiger partial charge in [-0.2, -0.15) is 0 Å². The number of hydrogen-bond donors (Lipinski definition) is 0. The van der Waals surface area contributed by atoms with Gasteiger partial charge in [-0.15, -0.1) is 0 Å². The molecular weight excluding hydrogens is 180 g/mol. The van der Waals surface area contributed by atoms with E-state index in [9.17, 15) is 4.79 Å². The smallest absolute Gasteiger partial charge is 0.330 e. The van der Waals surface area contributed by atoms with Gasteiger partial charge in [-0.1, -0.05) is 0 Å². The molecule has 0 spiro atoms. The van der Waals surface area contributed by atoms with Crippen molar-refractivity contribution in [3.8, 4) is 0 Å². The molecule has 0 aromatic carbocycles. The highest BCUT2D eigenvalue weighted by molar-refractivity contribution is 5.91. The molecule has 0 bridgehead atoms. The van der Waals surface area contributed by atoms with Crippen LogP contribution in [-0.4, -0.2) is 13.1 Å². The van der Waals surface area contributed by atoms with E-state index in [-0.39, 0.29) is 5.97 Å². The summed E-state index contributed by atoms with van der Waals surface area (Å²) in [5, 5.41) is 0. The fourth-order valence-electron chi connectivity index (χ4n) is 1.75. The first kappa shape index (κ1) is 9.06. The quantitative estimate of drug-likeness (QED) is 0.505. The predicted molar refractivity (Wildman–Crippen MR) is 51.6 cm³/mol. The summed E-state index contributed by atoms with van der Waals surface area (Å²) in [6, 6.07) is 1.91. The van der Waals surface area contributed by atoms with Crippen LogP contribution in [0.5, 0.6) is 0 Å². The normalized spacial score (nSPS) is 17.9. The number of rotatable bonds is 1. The monoisotopic (exact) mass is 192 g/mol. The minimum absolute atomic E-state index is 0.297. The molecule has 74 valence electrons. The Kier molecular flexibility index (Phi) is 2.39. The summed E-state index contributed by atoms with van der Waals surface area (Å²) in [5.74, 6) is 0.681.